The van der Waals surface area contributed by atoms with Gasteiger partial charge in [0.25, 0.3) is 0 Å². The molecule has 3 rings (SSSR count). The summed E-state index contributed by atoms with van der Waals surface area (Å²) >= 11 is 1.58. The fourth-order valence-corrected chi connectivity index (χ4v) is 3.05. The number of hydrogen-bond acceptors (Lipinski definition) is 4. The van der Waals surface area contributed by atoms with Gasteiger partial charge in [0.1, 0.15) is 5.82 Å². The molecular weight excluding hydrogens is 275 g/mol. The van der Waals surface area contributed by atoms with E-state index in [-0.39, 0.29) is 11.9 Å². The van der Waals surface area contributed by atoms with Gasteiger partial charge in [0.2, 0.25) is 0 Å². The van der Waals surface area contributed by atoms with Gasteiger partial charge in [-0.05, 0) is 30.2 Å². The zero-order valence-corrected chi connectivity index (χ0v) is 11.8. The van der Waals surface area contributed by atoms with Crippen molar-refractivity contribution in [2.45, 2.75) is 19.4 Å². The van der Waals surface area contributed by atoms with Crippen LogP contribution in [0.1, 0.15) is 22.9 Å². The molecule has 0 aliphatic heterocycles. The minimum absolute atomic E-state index is 0.157. The smallest absolute Gasteiger partial charge is 0.193 e. The number of thiazole rings is 1. The van der Waals surface area contributed by atoms with Crippen LogP contribution in [0.25, 0.3) is 4.96 Å². The Kier molecular flexibility index (Phi) is 3.52. The average molecular weight is 290 g/mol. The number of nitrogens with one attached hydrogen (secondary N) is 1. The van der Waals surface area contributed by atoms with Crippen molar-refractivity contribution in [2.75, 3.05) is 0 Å². The van der Waals surface area contributed by atoms with Crippen LogP contribution in [-0.2, 0) is 6.42 Å². The van der Waals surface area contributed by atoms with Crippen molar-refractivity contribution >= 4 is 16.3 Å². The second kappa shape index (κ2) is 5.32. The number of benzene rings is 1. The van der Waals surface area contributed by atoms with Gasteiger partial charge in [-0.1, -0.05) is 6.07 Å². The van der Waals surface area contributed by atoms with Gasteiger partial charge < -0.3 is 0 Å². The largest absolute Gasteiger partial charge is 0.297 e. The highest BCUT2D eigenvalue weighted by atomic mass is 32.1. The summed E-state index contributed by atoms with van der Waals surface area (Å²) in [5, 5.41) is 1.99. The van der Waals surface area contributed by atoms with E-state index in [0.29, 0.717) is 6.42 Å². The summed E-state index contributed by atoms with van der Waals surface area (Å²) in [5.74, 6) is 5.38. The minimum atomic E-state index is -0.253. The van der Waals surface area contributed by atoms with Crippen molar-refractivity contribution in [3.8, 4) is 0 Å². The lowest BCUT2D eigenvalue weighted by atomic mass is 9.98. The van der Waals surface area contributed by atoms with Crippen LogP contribution in [0, 0.1) is 12.7 Å². The molecule has 0 radical (unpaired) electrons. The van der Waals surface area contributed by atoms with Crippen molar-refractivity contribution in [1.82, 2.24) is 14.8 Å². The maximum Gasteiger partial charge on any atom is 0.193 e. The number of aromatic nitrogens is 2. The van der Waals surface area contributed by atoms with Gasteiger partial charge in [0, 0.05) is 24.2 Å². The average Bonchev–Trinajstić information content (AvgIpc) is 3.00. The van der Waals surface area contributed by atoms with Crippen LogP contribution in [-0.4, -0.2) is 9.38 Å². The minimum Gasteiger partial charge on any atom is -0.297 e. The van der Waals surface area contributed by atoms with Crippen LogP contribution in [0.5, 0.6) is 0 Å². The number of nitrogens with zero attached hydrogens (tertiary/aromatic N) is 2. The molecule has 1 unspecified atom stereocenters. The predicted octanol–water partition coefficient (Wildman–Crippen LogP) is 2.59. The van der Waals surface area contributed by atoms with Gasteiger partial charge in [0.15, 0.2) is 4.96 Å². The Morgan fingerprint density at radius 2 is 2.35 bits per heavy atom. The van der Waals surface area contributed by atoms with Crippen LogP contribution in [0.2, 0.25) is 0 Å². The molecule has 3 aromatic rings. The van der Waals surface area contributed by atoms with E-state index in [0.717, 1.165) is 21.8 Å². The Labute approximate surface area is 120 Å². The zero-order valence-electron chi connectivity index (χ0n) is 11.0. The summed E-state index contributed by atoms with van der Waals surface area (Å²) in [5.41, 5.74) is 5.57. The fraction of sp³-hybridized carbons (Fsp3) is 0.214. The quantitative estimate of drug-likeness (QED) is 0.573. The van der Waals surface area contributed by atoms with Crippen molar-refractivity contribution in [3.05, 3.63) is 58.6 Å². The van der Waals surface area contributed by atoms with E-state index < -0.39 is 0 Å². The number of aryl methyl sites for hydroxylation is 1. The molecule has 6 heteroatoms. The summed E-state index contributed by atoms with van der Waals surface area (Å²) in [6.45, 7) is 1.95. The van der Waals surface area contributed by atoms with Crippen LogP contribution in [0.4, 0.5) is 4.39 Å². The second-order valence-corrected chi connectivity index (χ2v) is 5.62. The number of hydrogen-bond donors (Lipinski definition) is 2. The van der Waals surface area contributed by atoms with Crippen molar-refractivity contribution in [3.63, 3.8) is 0 Å². The number of imidazole rings is 1. The first-order valence-electron chi connectivity index (χ1n) is 6.30. The number of nitrogens with two attached hydrogens (primary N) is 1. The highest BCUT2D eigenvalue weighted by Crippen LogP contribution is 2.23. The van der Waals surface area contributed by atoms with E-state index >= 15 is 0 Å². The summed E-state index contributed by atoms with van der Waals surface area (Å²) < 4.78 is 15.4. The molecule has 4 nitrogen and oxygen atoms in total. The third-order valence-corrected chi connectivity index (χ3v) is 4.15. The molecule has 0 saturated carbocycles. The van der Waals surface area contributed by atoms with Crippen LogP contribution < -0.4 is 11.3 Å². The molecule has 104 valence electrons. The second-order valence-electron chi connectivity index (χ2n) is 4.75. The van der Waals surface area contributed by atoms with E-state index in [2.05, 4.69) is 10.4 Å². The molecule has 2 aromatic heterocycles. The molecule has 2 heterocycles. The van der Waals surface area contributed by atoms with Crippen molar-refractivity contribution in [1.29, 1.82) is 0 Å². The lowest BCUT2D eigenvalue weighted by Crippen LogP contribution is -2.30. The topological polar surface area (TPSA) is 55.3 Å². The predicted molar refractivity (Wildman–Crippen MR) is 78.0 cm³/mol. The van der Waals surface area contributed by atoms with Gasteiger partial charge >= 0.3 is 0 Å². The van der Waals surface area contributed by atoms with Crippen LogP contribution in [0.15, 0.2) is 36.0 Å². The standard InChI is InChI=1S/C14H15FN4S/c1-9-2-3-10(15)6-12(9)13(18-16)7-11-8-19-4-5-20-14(19)17-11/h2-6,8,13,18H,7,16H2,1H3. The Balaban J connectivity index is 1.89. The molecular formula is C14H15FN4S. The molecule has 0 aliphatic carbocycles. The Morgan fingerprint density at radius 1 is 1.50 bits per heavy atom. The first-order chi connectivity index (χ1) is 9.67. The van der Waals surface area contributed by atoms with Gasteiger partial charge in [-0.2, -0.15) is 0 Å². The van der Waals surface area contributed by atoms with Crippen LogP contribution in [0.3, 0.4) is 0 Å². The molecule has 1 atom stereocenters. The summed E-state index contributed by atoms with van der Waals surface area (Å²) in [4.78, 5) is 5.48. The van der Waals surface area contributed by atoms with Crippen molar-refractivity contribution in [2.24, 2.45) is 5.84 Å². The molecule has 0 amide bonds. The fourth-order valence-electron chi connectivity index (χ4n) is 2.33. The Bertz CT molecular complexity index is 705. The SMILES string of the molecule is Cc1ccc(F)cc1C(Cc1cn2ccsc2n1)NN. The highest BCUT2D eigenvalue weighted by Gasteiger charge is 2.16. The normalized spacial score (nSPS) is 12.9. The molecule has 3 N–H and O–H groups in total. The molecule has 20 heavy (non-hydrogen) atoms. The van der Waals surface area contributed by atoms with Crippen LogP contribution >= 0.6 is 11.3 Å². The van der Waals surface area contributed by atoms with E-state index in [4.69, 9.17) is 5.84 Å². The maximum atomic E-state index is 13.4. The number of hydrazine groups is 1. The molecule has 1 aromatic carbocycles. The summed E-state index contributed by atoms with van der Waals surface area (Å²) in [6, 6.07) is 4.59. The van der Waals surface area contributed by atoms with E-state index in [1.165, 1.54) is 12.1 Å². The van der Waals surface area contributed by atoms with Gasteiger partial charge in [0.05, 0.1) is 11.7 Å². The van der Waals surface area contributed by atoms with Gasteiger partial charge in [-0.3, -0.25) is 15.7 Å². The first kappa shape index (κ1) is 13.2. The van der Waals surface area contributed by atoms with E-state index in [1.807, 2.05) is 29.1 Å². The van der Waals surface area contributed by atoms with Gasteiger partial charge in [-0.15, -0.1) is 11.3 Å². The Hall–Kier alpha value is -1.76. The molecule has 0 bridgehead atoms. The summed E-state index contributed by atoms with van der Waals surface area (Å²) in [6.07, 6.45) is 4.56. The molecule has 0 saturated heterocycles. The first-order valence-corrected chi connectivity index (χ1v) is 7.18. The number of rotatable bonds is 4. The van der Waals surface area contributed by atoms with Crippen molar-refractivity contribution < 1.29 is 4.39 Å². The molecule has 0 spiro atoms. The molecule has 0 aliphatic rings. The third kappa shape index (κ3) is 2.45. The van der Waals surface area contributed by atoms with E-state index in [1.54, 1.807) is 17.4 Å². The van der Waals surface area contributed by atoms with Gasteiger partial charge in [-0.25, -0.2) is 9.37 Å². The number of halogens is 1. The zero-order chi connectivity index (χ0) is 14.1. The Morgan fingerprint density at radius 3 is 3.10 bits per heavy atom. The number of fused-ring (bicyclic) bond motifs is 1. The molecule has 0 fully saturated rings. The lowest BCUT2D eigenvalue weighted by Gasteiger charge is -2.17. The highest BCUT2D eigenvalue weighted by molar-refractivity contribution is 7.15. The summed E-state index contributed by atoms with van der Waals surface area (Å²) in [7, 11) is 0. The lowest BCUT2D eigenvalue weighted by molar-refractivity contribution is 0.537. The maximum absolute atomic E-state index is 13.4. The monoisotopic (exact) mass is 290 g/mol. The van der Waals surface area contributed by atoms with E-state index in [9.17, 15) is 4.39 Å². The third-order valence-electron chi connectivity index (χ3n) is 3.37.